The molecule has 3 heterocycles. The first-order chi connectivity index (χ1) is 9.78. The van der Waals surface area contributed by atoms with Gasteiger partial charge in [0.2, 0.25) is 0 Å². The Kier molecular flexibility index (Phi) is 4.08. The molecule has 0 radical (unpaired) electrons. The van der Waals surface area contributed by atoms with Crippen molar-refractivity contribution in [2.24, 2.45) is 5.92 Å². The van der Waals surface area contributed by atoms with Gasteiger partial charge in [0, 0.05) is 25.4 Å². The zero-order chi connectivity index (χ0) is 13.9. The minimum atomic E-state index is -0.145. The van der Waals surface area contributed by atoms with Crippen molar-refractivity contribution in [1.29, 1.82) is 0 Å². The molecule has 1 aromatic rings. The van der Waals surface area contributed by atoms with E-state index in [1.807, 2.05) is 17.9 Å². The summed E-state index contributed by atoms with van der Waals surface area (Å²) in [7, 11) is 0. The molecule has 0 aliphatic carbocycles. The first-order valence-electron chi connectivity index (χ1n) is 7.39. The first-order valence-corrected chi connectivity index (χ1v) is 7.39. The van der Waals surface area contributed by atoms with Crippen LogP contribution in [0.5, 0.6) is 0 Å². The first kappa shape index (κ1) is 13.6. The van der Waals surface area contributed by atoms with Crippen molar-refractivity contribution in [3.8, 4) is 0 Å². The summed E-state index contributed by atoms with van der Waals surface area (Å²) >= 11 is 0. The van der Waals surface area contributed by atoms with Gasteiger partial charge < -0.3 is 18.8 Å². The molecule has 2 saturated heterocycles. The quantitative estimate of drug-likeness (QED) is 0.850. The van der Waals surface area contributed by atoms with Crippen molar-refractivity contribution in [2.45, 2.75) is 32.5 Å². The number of piperidine rings is 1. The average molecular weight is 279 g/mol. The fourth-order valence-electron chi connectivity index (χ4n) is 2.90. The van der Waals surface area contributed by atoms with Crippen molar-refractivity contribution in [2.75, 3.05) is 26.3 Å². The minimum absolute atomic E-state index is 0.0209. The van der Waals surface area contributed by atoms with Crippen LogP contribution < -0.4 is 0 Å². The fourth-order valence-corrected chi connectivity index (χ4v) is 2.90. The lowest BCUT2D eigenvalue weighted by molar-refractivity contribution is -0.0970. The van der Waals surface area contributed by atoms with Crippen LogP contribution in [0.15, 0.2) is 16.5 Å². The predicted octanol–water partition coefficient (Wildman–Crippen LogP) is 2.07. The molecule has 110 valence electrons. The summed E-state index contributed by atoms with van der Waals surface area (Å²) in [6, 6.07) is 3.64. The maximum absolute atomic E-state index is 12.4. The number of hydrogen-bond acceptors (Lipinski definition) is 4. The van der Waals surface area contributed by atoms with E-state index in [1.54, 1.807) is 6.07 Å². The van der Waals surface area contributed by atoms with Crippen LogP contribution in [0, 0.1) is 5.92 Å². The maximum atomic E-state index is 12.4. The number of nitrogens with zero attached hydrogens (tertiary/aromatic N) is 1. The third-order valence-corrected chi connectivity index (χ3v) is 4.00. The van der Waals surface area contributed by atoms with Crippen LogP contribution in [-0.2, 0) is 15.9 Å². The smallest absolute Gasteiger partial charge is 0.289 e. The van der Waals surface area contributed by atoms with Crippen molar-refractivity contribution in [3.63, 3.8) is 0 Å². The van der Waals surface area contributed by atoms with E-state index in [4.69, 9.17) is 13.9 Å². The zero-order valence-electron chi connectivity index (χ0n) is 11.8. The van der Waals surface area contributed by atoms with Crippen LogP contribution in [0.2, 0.25) is 0 Å². The Morgan fingerprint density at radius 1 is 1.35 bits per heavy atom. The predicted molar refractivity (Wildman–Crippen MR) is 72.4 cm³/mol. The number of amides is 1. The molecular formula is C15H21NO4. The molecule has 3 rings (SSSR count). The fraction of sp³-hybridized carbons (Fsp3) is 0.667. The summed E-state index contributed by atoms with van der Waals surface area (Å²) in [6.07, 6.45) is 2.70. The lowest BCUT2D eigenvalue weighted by atomic mass is 9.97. The third-order valence-electron chi connectivity index (χ3n) is 4.00. The molecule has 5 nitrogen and oxygen atoms in total. The summed E-state index contributed by atoms with van der Waals surface area (Å²) in [5.74, 6) is 1.54. The number of ether oxygens (including phenoxy) is 2. The van der Waals surface area contributed by atoms with E-state index in [2.05, 4.69) is 0 Å². The number of carbonyl (C=O) groups is 1. The Morgan fingerprint density at radius 3 is 2.85 bits per heavy atom. The van der Waals surface area contributed by atoms with Crippen LogP contribution in [0.3, 0.4) is 0 Å². The molecule has 0 aromatic carbocycles. The number of likely N-dealkylation sites (tertiary alicyclic amines) is 1. The van der Waals surface area contributed by atoms with Gasteiger partial charge in [0.1, 0.15) is 5.76 Å². The maximum Gasteiger partial charge on any atom is 0.289 e. The summed E-state index contributed by atoms with van der Waals surface area (Å²) in [5.41, 5.74) is 0. The van der Waals surface area contributed by atoms with E-state index in [9.17, 15) is 4.79 Å². The van der Waals surface area contributed by atoms with E-state index >= 15 is 0 Å². The zero-order valence-corrected chi connectivity index (χ0v) is 11.8. The van der Waals surface area contributed by atoms with Gasteiger partial charge in [-0.1, -0.05) is 6.92 Å². The molecule has 0 bridgehead atoms. The molecule has 1 unspecified atom stereocenters. The topological polar surface area (TPSA) is 51.9 Å². The molecule has 0 saturated carbocycles. The Labute approximate surface area is 118 Å². The second-order valence-electron chi connectivity index (χ2n) is 5.38. The molecule has 5 heteroatoms. The molecule has 1 atom stereocenters. The lowest BCUT2D eigenvalue weighted by Gasteiger charge is -2.34. The average Bonchev–Trinajstić information content (AvgIpc) is 3.17. The van der Waals surface area contributed by atoms with Gasteiger partial charge in [0.25, 0.3) is 5.91 Å². The van der Waals surface area contributed by atoms with Gasteiger partial charge in [-0.3, -0.25) is 4.79 Å². The number of furan rings is 1. The van der Waals surface area contributed by atoms with Crippen molar-refractivity contribution in [1.82, 2.24) is 4.90 Å². The van der Waals surface area contributed by atoms with E-state index in [0.29, 0.717) is 25.5 Å². The molecule has 0 N–H and O–H groups in total. The molecule has 20 heavy (non-hydrogen) atoms. The number of aryl methyl sites for hydroxylation is 1. The van der Waals surface area contributed by atoms with Crippen LogP contribution >= 0.6 is 0 Å². The van der Waals surface area contributed by atoms with Crippen LogP contribution in [0.1, 0.15) is 36.1 Å². The molecule has 2 fully saturated rings. The monoisotopic (exact) mass is 279 g/mol. The largest absolute Gasteiger partial charge is 0.456 e. The van der Waals surface area contributed by atoms with Gasteiger partial charge in [-0.2, -0.15) is 0 Å². The van der Waals surface area contributed by atoms with Crippen LogP contribution in [0.4, 0.5) is 0 Å². The van der Waals surface area contributed by atoms with Crippen molar-refractivity contribution >= 4 is 5.91 Å². The van der Waals surface area contributed by atoms with Crippen LogP contribution in [0.25, 0.3) is 0 Å². The van der Waals surface area contributed by atoms with Gasteiger partial charge in [-0.25, -0.2) is 0 Å². The Bertz CT molecular complexity index is 464. The summed E-state index contributed by atoms with van der Waals surface area (Å²) in [4.78, 5) is 14.3. The Hall–Kier alpha value is -1.33. The Balaban J connectivity index is 1.65. The SMILES string of the molecule is CCc1ccc(C(=O)N2CCCC(C3OCCO3)C2)o1. The van der Waals surface area contributed by atoms with E-state index in [1.165, 1.54) is 0 Å². The van der Waals surface area contributed by atoms with Crippen molar-refractivity contribution < 1.29 is 18.7 Å². The second kappa shape index (κ2) is 5.97. The third kappa shape index (κ3) is 2.74. The number of hydrogen-bond donors (Lipinski definition) is 0. The highest BCUT2D eigenvalue weighted by Gasteiger charge is 2.33. The van der Waals surface area contributed by atoms with E-state index in [0.717, 1.165) is 31.6 Å². The summed E-state index contributed by atoms with van der Waals surface area (Å²) < 4.78 is 16.7. The van der Waals surface area contributed by atoms with E-state index in [-0.39, 0.29) is 18.1 Å². The number of rotatable bonds is 3. The highest BCUT2D eigenvalue weighted by molar-refractivity contribution is 5.91. The second-order valence-corrected chi connectivity index (χ2v) is 5.38. The Morgan fingerprint density at radius 2 is 2.15 bits per heavy atom. The van der Waals surface area contributed by atoms with E-state index < -0.39 is 0 Å². The lowest BCUT2D eigenvalue weighted by Crippen LogP contribution is -2.43. The minimum Gasteiger partial charge on any atom is -0.456 e. The van der Waals surface area contributed by atoms with Gasteiger partial charge in [-0.05, 0) is 25.0 Å². The normalized spacial score (nSPS) is 24.2. The van der Waals surface area contributed by atoms with Gasteiger partial charge in [-0.15, -0.1) is 0 Å². The van der Waals surface area contributed by atoms with Gasteiger partial charge in [0.05, 0.1) is 13.2 Å². The number of carbonyl (C=O) groups excluding carboxylic acids is 1. The van der Waals surface area contributed by atoms with Crippen molar-refractivity contribution in [3.05, 3.63) is 23.7 Å². The molecule has 2 aliphatic heterocycles. The summed E-state index contributed by atoms with van der Waals surface area (Å²) in [6.45, 7) is 4.80. The molecule has 1 amide bonds. The molecule has 0 spiro atoms. The standard InChI is InChI=1S/C15H21NO4/c1-2-12-5-6-13(20-12)14(17)16-7-3-4-11(10-16)15-18-8-9-19-15/h5-6,11,15H,2-4,7-10H2,1H3. The molecular weight excluding hydrogens is 258 g/mol. The molecule has 2 aliphatic rings. The van der Waals surface area contributed by atoms with Crippen LogP contribution in [-0.4, -0.2) is 43.4 Å². The highest BCUT2D eigenvalue weighted by atomic mass is 16.7. The highest BCUT2D eigenvalue weighted by Crippen LogP contribution is 2.26. The molecule has 1 aromatic heterocycles. The van der Waals surface area contributed by atoms with Gasteiger partial charge in [0.15, 0.2) is 12.1 Å². The summed E-state index contributed by atoms with van der Waals surface area (Å²) in [5, 5.41) is 0. The van der Waals surface area contributed by atoms with Gasteiger partial charge >= 0.3 is 0 Å².